The van der Waals surface area contributed by atoms with Gasteiger partial charge in [-0.3, -0.25) is 14.4 Å². The molecule has 0 aromatic heterocycles. The zero-order valence-electron chi connectivity index (χ0n) is 21.8. The van der Waals surface area contributed by atoms with Crippen LogP contribution in [0.5, 0.6) is 0 Å². The summed E-state index contributed by atoms with van der Waals surface area (Å²) in [6.45, 7) is 11.9. The van der Waals surface area contributed by atoms with Crippen LogP contribution in [0.3, 0.4) is 0 Å². The van der Waals surface area contributed by atoms with Crippen molar-refractivity contribution < 1.29 is 33.8 Å². The molecular weight excluding hydrogens is 454 g/mol. The van der Waals surface area contributed by atoms with E-state index in [4.69, 9.17) is 9.47 Å². The Balaban J connectivity index is 3.24. The van der Waals surface area contributed by atoms with E-state index in [-0.39, 0.29) is 26.1 Å². The third kappa shape index (κ3) is 9.56. The number of aliphatic hydroxyl groups excluding tert-OH is 1. The summed E-state index contributed by atoms with van der Waals surface area (Å²) < 4.78 is 10.1. The second-order valence-electron chi connectivity index (χ2n) is 9.11. The van der Waals surface area contributed by atoms with E-state index < -0.39 is 48.2 Å². The molecule has 0 saturated heterocycles. The van der Waals surface area contributed by atoms with Crippen molar-refractivity contribution in [2.45, 2.75) is 72.6 Å². The van der Waals surface area contributed by atoms with Gasteiger partial charge in [0.25, 0.3) is 0 Å². The number of amides is 3. The SMILES string of the molecule is CCOC(=O)CCNC(=O)C(c1ccc(C)cc1C)N(CC)C(=O)C(CO)NC(=O)OC(C)(C)C. The van der Waals surface area contributed by atoms with Crippen molar-refractivity contribution in [3.63, 3.8) is 0 Å². The summed E-state index contributed by atoms with van der Waals surface area (Å²) in [6, 6.07) is 3.14. The lowest BCUT2D eigenvalue weighted by Gasteiger charge is -2.34. The Hall–Kier alpha value is -3.14. The van der Waals surface area contributed by atoms with E-state index >= 15 is 0 Å². The molecule has 10 heteroatoms. The molecule has 0 aliphatic carbocycles. The van der Waals surface area contributed by atoms with E-state index in [1.165, 1.54) is 4.90 Å². The van der Waals surface area contributed by atoms with Crippen molar-refractivity contribution in [2.24, 2.45) is 0 Å². The molecule has 196 valence electrons. The molecule has 0 radical (unpaired) electrons. The van der Waals surface area contributed by atoms with Crippen LogP contribution in [0.25, 0.3) is 0 Å². The van der Waals surface area contributed by atoms with Gasteiger partial charge in [-0.15, -0.1) is 0 Å². The van der Waals surface area contributed by atoms with Gasteiger partial charge in [0.1, 0.15) is 17.7 Å². The van der Waals surface area contributed by atoms with Gasteiger partial charge in [0, 0.05) is 13.1 Å². The van der Waals surface area contributed by atoms with Gasteiger partial charge in [-0.25, -0.2) is 4.79 Å². The van der Waals surface area contributed by atoms with E-state index in [1.54, 1.807) is 40.7 Å². The van der Waals surface area contributed by atoms with Crippen LogP contribution in [-0.2, 0) is 23.9 Å². The normalized spacial score (nSPS) is 12.8. The van der Waals surface area contributed by atoms with Gasteiger partial charge in [-0.1, -0.05) is 23.8 Å². The highest BCUT2D eigenvalue weighted by atomic mass is 16.6. The highest BCUT2D eigenvalue weighted by molar-refractivity contribution is 5.92. The van der Waals surface area contributed by atoms with Crippen LogP contribution < -0.4 is 10.6 Å². The summed E-state index contributed by atoms with van der Waals surface area (Å²) in [5.41, 5.74) is 1.58. The van der Waals surface area contributed by atoms with Crippen LogP contribution >= 0.6 is 0 Å². The molecule has 0 spiro atoms. The Labute approximate surface area is 207 Å². The molecule has 2 unspecified atom stereocenters. The Morgan fingerprint density at radius 2 is 1.77 bits per heavy atom. The van der Waals surface area contributed by atoms with Crippen LogP contribution in [0, 0.1) is 13.8 Å². The lowest BCUT2D eigenvalue weighted by molar-refractivity contribution is -0.144. The van der Waals surface area contributed by atoms with Crippen molar-refractivity contribution >= 4 is 23.9 Å². The summed E-state index contributed by atoms with van der Waals surface area (Å²) in [7, 11) is 0. The average molecular weight is 494 g/mol. The maximum absolute atomic E-state index is 13.4. The number of aryl methyl sites for hydroxylation is 2. The molecule has 0 aliphatic heterocycles. The molecular formula is C25H39N3O7. The Morgan fingerprint density at radius 3 is 2.29 bits per heavy atom. The number of hydrogen-bond donors (Lipinski definition) is 3. The van der Waals surface area contributed by atoms with Crippen LogP contribution in [0.1, 0.15) is 63.8 Å². The average Bonchev–Trinajstić information content (AvgIpc) is 2.75. The molecule has 2 atom stereocenters. The first-order valence-corrected chi connectivity index (χ1v) is 11.8. The first-order chi connectivity index (χ1) is 16.3. The van der Waals surface area contributed by atoms with Gasteiger partial charge >= 0.3 is 12.1 Å². The van der Waals surface area contributed by atoms with Gasteiger partial charge in [0.15, 0.2) is 0 Å². The molecule has 0 bridgehead atoms. The maximum Gasteiger partial charge on any atom is 0.408 e. The summed E-state index contributed by atoms with van der Waals surface area (Å²) in [4.78, 5) is 51.9. The van der Waals surface area contributed by atoms with Crippen LogP contribution in [0.15, 0.2) is 18.2 Å². The van der Waals surface area contributed by atoms with Crippen molar-refractivity contribution in [3.05, 3.63) is 34.9 Å². The molecule has 3 amide bonds. The third-order valence-corrected chi connectivity index (χ3v) is 5.01. The van der Waals surface area contributed by atoms with Crippen LogP contribution in [-0.4, -0.2) is 71.8 Å². The van der Waals surface area contributed by atoms with Crippen molar-refractivity contribution in [3.8, 4) is 0 Å². The number of esters is 1. The maximum atomic E-state index is 13.4. The van der Waals surface area contributed by atoms with Crippen molar-refractivity contribution in [2.75, 3.05) is 26.3 Å². The minimum Gasteiger partial charge on any atom is -0.466 e. The topological polar surface area (TPSA) is 134 Å². The highest BCUT2D eigenvalue weighted by Gasteiger charge is 2.36. The summed E-state index contributed by atoms with van der Waals surface area (Å²) >= 11 is 0. The lowest BCUT2D eigenvalue weighted by atomic mass is 9.96. The highest BCUT2D eigenvalue weighted by Crippen LogP contribution is 2.26. The second kappa shape index (κ2) is 13.7. The number of ether oxygens (including phenoxy) is 2. The van der Waals surface area contributed by atoms with Gasteiger partial charge in [-0.05, 0) is 59.6 Å². The summed E-state index contributed by atoms with van der Waals surface area (Å²) in [5, 5.41) is 14.9. The Bertz CT molecular complexity index is 896. The zero-order valence-corrected chi connectivity index (χ0v) is 21.8. The van der Waals surface area contributed by atoms with E-state index in [1.807, 2.05) is 26.0 Å². The molecule has 1 aromatic rings. The molecule has 10 nitrogen and oxygen atoms in total. The monoisotopic (exact) mass is 493 g/mol. The van der Waals surface area contributed by atoms with Gasteiger partial charge < -0.3 is 30.1 Å². The first-order valence-electron chi connectivity index (χ1n) is 11.8. The molecule has 0 aliphatic rings. The minimum absolute atomic E-state index is 0.0152. The number of nitrogens with zero attached hydrogens (tertiary/aromatic N) is 1. The van der Waals surface area contributed by atoms with Gasteiger partial charge in [-0.2, -0.15) is 0 Å². The number of benzene rings is 1. The standard InChI is InChI=1S/C25H39N3O7/c1-8-28(23(32)19(15-29)27-24(33)35-25(5,6)7)21(18-11-10-16(3)14-17(18)4)22(31)26-13-12-20(30)34-9-2/h10-11,14,19,21,29H,8-9,12-13,15H2,1-7H3,(H,26,31)(H,27,33). The van der Waals surface area contributed by atoms with E-state index in [0.717, 1.165) is 11.1 Å². The first kappa shape index (κ1) is 29.9. The smallest absolute Gasteiger partial charge is 0.408 e. The van der Waals surface area contributed by atoms with Crippen LogP contribution in [0.4, 0.5) is 4.79 Å². The predicted octanol–water partition coefficient (Wildman–Crippen LogP) is 2.15. The number of likely N-dealkylation sites (N-methyl/N-ethyl adjacent to an activating group) is 1. The largest absolute Gasteiger partial charge is 0.466 e. The predicted molar refractivity (Wildman–Crippen MR) is 131 cm³/mol. The van der Waals surface area contributed by atoms with E-state index in [0.29, 0.717) is 5.56 Å². The molecule has 1 aromatic carbocycles. The fourth-order valence-corrected chi connectivity index (χ4v) is 3.50. The number of rotatable bonds is 11. The summed E-state index contributed by atoms with van der Waals surface area (Å²) in [5.74, 6) is -1.59. The Kier molecular flexibility index (Phi) is 11.7. The van der Waals surface area contributed by atoms with Gasteiger partial charge in [0.2, 0.25) is 11.8 Å². The van der Waals surface area contributed by atoms with Crippen LogP contribution in [0.2, 0.25) is 0 Å². The number of carbonyl (C=O) groups excluding carboxylic acids is 4. The van der Waals surface area contributed by atoms with Crippen molar-refractivity contribution in [1.29, 1.82) is 0 Å². The lowest BCUT2D eigenvalue weighted by Crippen LogP contribution is -2.54. The quantitative estimate of drug-likeness (QED) is 0.402. The van der Waals surface area contributed by atoms with E-state index in [9.17, 15) is 24.3 Å². The molecule has 3 N–H and O–H groups in total. The minimum atomic E-state index is -1.31. The number of hydrogen-bond acceptors (Lipinski definition) is 7. The Morgan fingerprint density at radius 1 is 1.11 bits per heavy atom. The molecule has 35 heavy (non-hydrogen) atoms. The fourth-order valence-electron chi connectivity index (χ4n) is 3.50. The van der Waals surface area contributed by atoms with E-state index in [2.05, 4.69) is 10.6 Å². The zero-order chi connectivity index (χ0) is 26.8. The number of alkyl carbamates (subject to hydrolysis) is 1. The fraction of sp³-hybridized carbons (Fsp3) is 0.600. The third-order valence-electron chi connectivity index (χ3n) is 5.01. The number of nitrogens with one attached hydrogen (secondary N) is 2. The van der Waals surface area contributed by atoms with Gasteiger partial charge in [0.05, 0.1) is 19.6 Å². The molecule has 0 heterocycles. The number of aliphatic hydroxyl groups is 1. The number of carbonyl (C=O) groups is 4. The molecule has 0 fully saturated rings. The molecule has 1 rings (SSSR count). The van der Waals surface area contributed by atoms with Crippen molar-refractivity contribution in [1.82, 2.24) is 15.5 Å². The summed E-state index contributed by atoms with van der Waals surface area (Å²) in [6.07, 6.45) is -0.874. The molecule has 0 saturated carbocycles. The second-order valence-corrected chi connectivity index (χ2v) is 9.11.